The van der Waals surface area contributed by atoms with Crippen LogP contribution in [0.2, 0.25) is 0 Å². The Hall–Kier alpha value is -1.84. The van der Waals surface area contributed by atoms with Crippen LogP contribution in [0.1, 0.15) is 31.2 Å². The molecule has 2 aliphatic carbocycles. The molecule has 1 aliphatic heterocycles. The summed E-state index contributed by atoms with van der Waals surface area (Å²) in [5.74, 6) is -0.0395. The average Bonchev–Trinajstić information content (AvgIpc) is 3.13. The molecule has 2 atom stereocenters. The third kappa shape index (κ3) is 1.37. The van der Waals surface area contributed by atoms with Crippen molar-refractivity contribution >= 4 is 17.5 Å². The Morgan fingerprint density at radius 3 is 2.80 bits per heavy atom. The number of fused-ring (bicyclic) bond motifs is 2. The van der Waals surface area contributed by atoms with E-state index in [0.717, 1.165) is 24.1 Å². The zero-order valence-corrected chi connectivity index (χ0v) is 11.6. The van der Waals surface area contributed by atoms with Crippen LogP contribution in [0.15, 0.2) is 24.3 Å². The van der Waals surface area contributed by atoms with E-state index >= 15 is 0 Å². The molecule has 20 heavy (non-hydrogen) atoms. The number of hydrogen-bond acceptors (Lipinski definition) is 2. The first-order chi connectivity index (χ1) is 9.64. The van der Waals surface area contributed by atoms with Crippen LogP contribution in [0.25, 0.3) is 0 Å². The van der Waals surface area contributed by atoms with Gasteiger partial charge in [-0.1, -0.05) is 18.2 Å². The SMILES string of the molecule is CN1C(=O)[C@@]2(C[C@H]2C(=O)NC2CCC2)c2ccccc21. The summed E-state index contributed by atoms with van der Waals surface area (Å²) in [6.45, 7) is 0. The lowest BCUT2D eigenvalue weighted by molar-refractivity contribution is -0.127. The van der Waals surface area contributed by atoms with Gasteiger partial charge in [0.15, 0.2) is 0 Å². The van der Waals surface area contributed by atoms with E-state index in [1.54, 1.807) is 11.9 Å². The Bertz CT molecular complexity index is 608. The Balaban J connectivity index is 1.63. The molecule has 3 aliphatic rings. The number of para-hydroxylation sites is 1. The maximum Gasteiger partial charge on any atom is 0.238 e. The van der Waals surface area contributed by atoms with Crippen LogP contribution in [0, 0.1) is 5.92 Å². The predicted octanol–water partition coefficient (Wildman–Crippen LogP) is 1.59. The molecule has 4 rings (SSSR count). The van der Waals surface area contributed by atoms with E-state index in [2.05, 4.69) is 5.32 Å². The van der Waals surface area contributed by atoms with Gasteiger partial charge in [0, 0.05) is 18.8 Å². The lowest BCUT2D eigenvalue weighted by atomic mass is 9.91. The minimum atomic E-state index is -0.570. The molecule has 2 saturated carbocycles. The Morgan fingerprint density at radius 1 is 1.35 bits per heavy atom. The molecule has 2 amide bonds. The second-order valence-corrected chi connectivity index (χ2v) is 6.25. The van der Waals surface area contributed by atoms with E-state index < -0.39 is 5.41 Å². The van der Waals surface area contributed by atoms with E-state index in [0.29, 0.717) is 12.5 Å². The van der Waals surface area contributed by atoms with E-state index in [1.165, 1.54) is 6.42 Å². The number of rotatable bonds is 2. The zero-order chi connectivity index (χ0) is 13.9. The number of anilines is 1. The first kappa shape index (κ1) is 11.9. The van der Waals surface area contributed by atoms with Crippen LogP contribution in [0.5, 0.6) is 0 Å². The lowest BCUT2D eigenvalue weighted by Crippen LogP contribution is -2.42. The summed E-state index contributed by atoms with van der Waals surface area (Å²) in [4.78, 5) is 26.6. The van der Waals surface area contributed by atoms with Gasteiger partial charge >= 0.3 is 0 Å². The van der Waals surface area contributed by atoms with Crippen molar-refractivity contribution in [2.24, 2.45) is 5.92 Å². The predicted molar refractivity (Wildman–Crippen MR) is 75.4 cm³/mol. The van der Waals surface area contributed by atoms with Crippen molar-refractivity contribution < 1.29 is 9.59 Å². The number of nitrogens with zero attached hydrogens (tertiary/aromatic N) is 1. The first-order valence-corrected chi connectivity index (χ1v) is 7.32. The monoisotopic (exact) mass is 270 g/mol. The van der Waals surface area contributed by atoms with Crippen LogP contribution in [-0.2, 0) is 15.0 Å². The summed E-state index contributed by atoms with van der Waals surface area (Å²) in [7, 11) is 1.80. The largest absolute Gasteiger partial charge is 0.353 e. The fraction of sp³-hybridized carbons (Fsp3) is 0.500. The highest BCUT2D eigenvalue weighted by atomic mass is 16.2. The Labute approximate surface area is 118 Å². The van der Waals surface area contributed by atoms with Crippen LogP contribution < -0.4 is 10.2 Å². The Kier molecular flexibility index (Phi) is 2.29. The molecule has 1 spiro atoms. The minimum absolute atomic E-state index is 0.0631. The number of carbonyl (C=O) groups is 2. The van der Waals surface area contributed by atoms with Crippen molar-refractivity contribution in [1.82, 2.24) is 5.32 Å². The molecule has 104 valence electrons. The fourth-order valence-electron chi connectivity index (χ4n) is 3.64. The molecular formula is C16H18N2O2. The van der Waals surface area contributed by atoms with E-state index in [1.807, 2.05) is 24.3 Å². The molecule has 1 heterocycles. The van der Waals surface area contributed by atoms with E-state index in [-0.39, 0.29) is 17.7 Å². The molecule has 0 aromatic heterocycles. The molecule has 4 nitrogen and oxygen atoms in total. The maximum absolute atomic E-state index is 12.6. The van der Waals surface area contributed by atoms with Crippen molar-refractivity contribution in [3.8, 4) is 0 Å². The number of hydrogen-bond donors (Lipinski definition) is 1. The number of likely N-dealkylation sites (N-methyl/N-ethyl adjacent to an activating group) is 1. The van der Waals surface area contributed by atoms with Crippen LogP contribution in [0.3, 0.4) is 0 Å². The number of amides is 2. The summed E-state index contributed by atoms with van der Waals surface area (Å²) in [5.41, 5.74) is 1.41. The fourth-order valence-corrected chi connectivity index (χ4v) is 3.64. The molecule has 2 fully saturated rings. The van der Waals surface area contributed by atoms with Gasteiger partial charge in [-0.05, 0) is 37.3 Å². The third-order valence-corrected chi connectivity index (χ3v) is 5.16. The topological polar surface area (TPSA) is 49.4 Å². The lowest BCUT2D eigenvalue weighted by Gasteiger charge is -2.26. The standard InChI is InChI=1S/C16H18N2O2/c1-18-13-8-3-2-7-11(13)16(15(18)20)9-12(16)14(19)17-10-5-4-6-10/h2-3,7-8,10,12H,4-6,9H2,1H3,(H,17,19)/t12-,16-/m0/s1. The van der Waals surface area contributed by atoms with Crippen molar-refractivity contribution in [2.45, 2.75) is 37.1 Å². The summed E-state index contributed by atoms with van der Waals surface area (Å²) >= 11 is 0. The van der Waals surface area contributed by atoms with Crippen molar-refractivity contribution in [3.63, 3.8) is 0 Å². The molecule has 1 aromatic rings. The summed E-state index contributed by atoms with van der Waals surface area (Å²) < 4.78 is 0. The quantitative estimate of drug-likeness (QED) is 0.887. The highest BCUT2D eigenvalue weighted by Crippen LogP contribution is 2.61. The molecule has 0 radical (unpaired) electrons. The van der Waals surface area contributed by atoms with Crippen LogP contribution in [0.4, 0.5) is 5.69 Å². The summed E-state index contributed by atoms with van der Waals surface area (Å²) in [6.07, 6.45) is 4.02. The average molecular weight is 270 g/mol. The van der Waals surface area contributed by atoms with Gasteiger partial charge in [-0.3, -0.25) is 9.59 Å². The normalized spacial score (nSPS) is 31.1. The minimum Gasteiger partial charge on any atom is -0.353 e. The zero-order valence-electron chi connectivity index (χ0n) is 11.6. The van der Waals surface area contributed by atoms with E-state index in [9.17, 15) is 9.59 Å². The number of nitrogens with one attached hydrogen (secondary N) is 1. The molecule has 0 unspecified atom stereocenters. The van der Waals surface area contributed by atoms with Gasteiger partial charge in [0.05, 0.1) is 11.3 Å². The second-order valence-electron chi connectivity index (χ2n) is 6.25. The van der Waals surface area contributed by atoms with Gasteiger partial charge in [0.25, 0.3) is 0 Å². The summed E-state index contributed by atoms with van der Waals surface area (Å²) in [5, 5.41) is 3.09. The van der Waals surface area contributed by atoms with Gasteiger partial charge in [0.2, 0.25) is 11.8 Å². The smallest absolute Gasteiger partial charge is 0.238 e. The second kappa shape index (κ2) is 3.84. The maximum atomic E-state index is 12.6. The molecule has 1 aromatic carbocycles. The van der Waals surface area contributed by atoms with Crippen molar-refractivity contribution in [2.75, 3.05) is 11.9 Å². The van der Waals surface area contributed by atoms with Gasteiger partial charge in [-0.15, -0.1) is 0 Å². The molecule has 1 N–H and O–H groups in total. The van der Waals surface area contributed by atoms with Crippen LogP contribution >= 0.6 is 0 Å². The first-order valence-electron chi connectivity index (χ1n) is 7.32. The van der Waals surface area contributed by atoms with Crippen molar-refractivity contribution in [1.29, 1.82) is 0 Å². The molecular weight excluding hydrogens is 252 g/mol. The van der Waals surface area contributed by atoms with Gasteiger partial charge in [-0.2, -0.15) is 0 Å². The van der Waals surface area contributed by atoms with Gasteiger partial charge in [-0.25, -0.2) is 0 Å². The van der Waals surface area contributed by atoms with Gasteiger partial charge in [0.1, 0.15) is 0 Å². The highest BCUT2D eigenvalue weighted by Gasteiger charge is 2.69. The Morgan fingerprint density at radius 2 is 2.10 bits per heavy atom. The van der Waals surface area contributed by atoms with Gasteiger partial charge < -0.3 is 10.2 Å². The molecule has 0 bridgehead atoms. The van der Waals surface area contributed by atoms with Crippen molar-refractivity contribution in [3.05, 3.63) is 29.8 Å². The molecule has 0 saturated heterocycles. The van der Waals surface area contributed by atoms with E-state index in [4.69, 9.17) is 0 Å². The molecule has 4 heteroatoms. The summed E-state index contributed by atoms with van der Waals surface area (Å²) in [6, 6.07) is 8.18. The highest BCUT2D eigenvalue weighted by molar-refractivity contribution is 6.13. The number of carbonyl (C=O) groups excluding carboxylic acids is 2. The number of benzene rings is 1. The van der Waals surface area contributed by atoms with Crippen LogP contribution in [-0.4, -0.2) is 24.9 Å². The third-order valence-electron chi connectivity index (χ3n) is 5.16.